The summed E-state index contributed by atoms with van der Waals surface area (Å²) in [5, 5.41) is 69.3. The van der Waals surface area contributed by atoms with E-state index >= 15 is 9.59 Å². The van der Waals surface area contributed by atoms with Crippen LogP contribution in [0.1, 0.15) is 131 Å². The molecule has 0 radical (unpaired) electrons. The number of nitrogens with one attached hydrogen (secondary N) is 14. The van der Waals surface area contributed by atoms with Gasteiger partial charge in [0.05, 0.1) is 25.3 Å². The standard InChI is InChI=1S/C83H107N17O19S/c1-44(2)32-61-76(111)88-48(7)73(108)92-60-37-53(24-25-54(60)43-120)74(109)86-30-13-31-119-100-46(5)52-22-18-50(19-23-52)35-63(90-70(104)40-84)79(114)99-68(42-101)83(118)96-64(34-49-14-9-8-10-15-49)77(112)89-47(6)72(107)91-59(28-29-71(105)106)75(110)95-65(36-51-20-26-56(102)27-21-51)80(115)97-66(38-55-41-87-58-17-12-11-16-57(55)58)81(116)98-67(39-69(85)103)82(117)94-62(33-45(3)4)78(113)93-61/h8-12,14-27,37,41,44-45,47-48,59,61-68,87,101-102,120H,13,28-36,38-40,42-43,84H2,1-7H3,(H2,85,103)(H,86,109)(H,88,111)(H,89,112)(H,90,104)(H,91,107)(H,92,108)(H,93,113)(H,94,117)(H,95,110)(H,96,118)(H,97,115)(H,98,116)(H,99,114)(H,105,106)/b100-46+/t47-,48-,59-,61-,62-,63-,64-,65-,66-,67-,68-/m0/s1. The molecule has 1 aromatic heterocycles. The van der Waals surface area contributed by atoms with Crippen LogP contribution >= 0.6 is 12.6 Å². The number of aromatic nitrogens is 1. The Labute approximate surface area is 698 Å². The molecule has 21 N–H and O–H groups in total. The Morgan fingerprint density at radius 1 is 0.567 bits per heavy atom. The lowest BCUT2D eigenvalue weighted by atomic mass is 9.99. The number of hydrogen-bond donors (Lipinski definition) is 20. The normalized spacial score (nSPS) is 22.6. The van der Waals surface area contributed by atoms with E-state index in [0.29, 0.717) is 56.4 Å². The number of nitrogens with two attached hydrogens (primary N) is 2. The van der Waals surface area contributed by atoms with E-state index in [9.17, 15) is 77.6 Å². The van der Waals surface area contributed by atoms with E-state index in [0.717, 1.165) is 0 Å². The second-order valence-corrected chi connectivity index (χ2v) is 30.3. The van der Waals surface area contributed by atoms with Crippen molar-refractivity contribution >= 4 is 124 Å². The second kappa shape index (κ2) is 46.4. The fourth-order valence-electron chi connectivity index (χ4n) is 12.8. The lowest BCUT2D eigenvalue weighted by Gasteiger charge is -2.28. The average molecular weight is 1680 g/mol. The number of anilines is 1. The highest BCUT2D eigenvalue weighted by atomic mass is 32.1. The highest BCUT2D eigenvalue weighted by Gasteiger charge is 2.38. The van der Waals surface area contributed by atoms with E-state index in [4.69, 9.17) is 16.3 Å². The molecule has 120 heavy (non-hydrogen) atoms. The number of carbonyl (C=O) groups is 15. The third-order valence-electron chi connectivity index (χ3n) is 19.3. The monoisotopic (exact) mass is 1680 g/mol. The number of carbonyl (C=O) groups excluding carboxylic acids is 14. The largest absolute Gasteiger partial charge is 0.508 e. The summed E-state index contributed by atoms with van der Waals surface area (Å²) in [7, 11) is 0. The first-order chi connectivity index (χ1) is 57.1. The van der Waals surface area contributed by atoms with Crippen LogP contribution in [0.2, 0.25) is 0 Å². The summed E-state index contributed by atoms with van der Waals surface area (Å²) < 4.78 is 0. The molecule has 36 nitrogen and oxygen atoms in total. The van der Waals surface area contributed by atoms with Crippen molar-refractivity contribution in [2.45, 2.75) is 185 Å². The van der Waals surface area contributed by atoms with Gasteiger partial charge in [-0.2, -0.15) is 12.6 Å². The minimum Gasteiger partial charge on any atom is -0.508 e. The number of carboxylic acids is 1. The zero-order valence-corrected chi connectivity index (χ0v) is 68.6. The summed E-state index contributed by atoms with van der Waals surface area (Å²) in [6.07, 6.45) is -1.66. The van der Waals surface area contributed by atoms with Gasteiger partial charge < -0.3 is 106 Å². The Hall–Kier alpha value is -12.8. The van der Waals surface area contributed by atoms with Crippen LogP contribution in [0.5, 0.6) is 5.75 Å². The molecular weight excluding hydrogens is 1570 g/mol. The number of aromatic hydroxyl groups is 1. The third kappa shape index (κ3) is 29.7. The van der Waals surface area contributed by atoms with E-state index in [-0.39, 0.29) is 79.8 Å². The number of para-hydroxylation sites is 1. The first kappa shape index (κ1) is 94.4. The van der Waals surface area contributed by atoms with Crippen LogP contribution in [-0.4, -0.2) is 207 Å². The average Bonchev–Trinajstić information content (AvgIpc) is 1.68. The van der Waals surface area contributed by atoms with Crippen molar-refractivity contribution < 1.29 is 92.1 Å². The van der Waals surface area contributed by atoms with Crippen LogP contribution in [0.3, 0.4) is 0 Å². The number of nitrogens with zero attached hydrogens (tertiary/aromatic N) is 1. The Balaban J connectivity index is 1.23. The van der Waals surface area contributed by atoms with E-state index in [1.807, 2.05) is 0 Å². The molecule has 37 heteroatoms. The molecule has 0 saturated heterocycles. The summed E-state index contributed by atoms with van der Waals surface area (Å²) in [5.41, 5.74) is 15.6. The number of aromatic amines is 1. The van der Waals surface area contributed by atoms with Crippen molar-refractivity contribution in [1.29, 1.82) is 0 Å². The van der Waals surface area contributed by atoms with Gasteiger partial charge in [0, 0.05) is 79.2 Å². The number of benzene rings is 5. The number of primary amides is 1. The van der Waals surface area contributed by atoms with Gasteiger partial charge in [-0.15, -0.1) is 0 Å². The second-order valence-electron chi connectivity index (χ2n) is 30.0. The van der Waals surface area contributed by atoms with Crippen LogP contribution in [0.4, 0.5) is 5.69 Å². The molecule has 644 valence electrons. The predicted octanol–water partition coefficient (Wildman–Crippen LogP) is 0.243. The third-order valence-corrected chi connectivity index (χ3v) is 19.7. The molecule has 5 aromatic carbocycles. The van der Waals surface area contributed by atoms with Crippen molar-refractivity contribution in [3.8, 4) is 5.75 Å². The number of carboxylic acid groups (broad SMARTS) is 1. The van der Waals surface area contributed by atoms with Crippen LogP contribution < -0.4 is 80.6 Å². The number of oxime groups is 1. The molecule has 11 atom stereocenters. The number of phenols is 1. The molecule has 0 fully saturated rings. The summed E-state index contributed by atoms with van der Waals surface area (Å²) in [6, 6.07) is 14.2. The lowest BCUT2D eigenvalue weighted by molar-refractivity contribution is -0.138. The minimum absolute atomic E-state index is 0.0222. The van der Waals surface area contributed by atoms with Gasteiger partial charge in [0.1, 0.15) is 78.8 Å². The number of hydrogen-bond acceptors (Lipinski definition) is 21. The smallest absolute Gasteiger partial charge is 0.303 e. The molecule has 4 bridgehead atoms. The van der Waals surface area contributed by atoms with Gasteiger partial charge in [0.15, 0.2) is 0 Å². The highest BCUT2D eigenvalue weighted by molar-refractivity contribution is 7.79. The Kier molecular flexibility index (Phi) is 36.5. The quantitative estimate of drug-likeness (QED) is 0.0381. The highest BCUT2D eigenvalue weighted by Crippen LogP contribution is 2.24. The molecule has 2 aliphatic rings. The number of H-pyrrole nitrogens is 1. The van der Waals surface area contributed by atoms with Crippen molar-refractivity contribution in [3.63, 3.8) is 0 Å². The van der Waals surface area contributed by atoms with Gasteiger partial charge in [-0.25, -0.2) is 0 Å². The maximum atomic E-state index is 15.2. The van der Waals surface area contributed by atoms with Gasteiger partial charge >= 0.3 is 5.97 Å². The summed E-state index contributed by atoms with van der Waals surface area (Å²) >= 11 is 4.42. The van der Waals surface area contributed by atoms with Crippen molar-refractivity contribution in [2.75, 3.05) is 31.6 Å². The Bertz CT molecular complexity index is 4660. The molecule has 6 aromatic rings. The topological polar surface area (TPSA) is 563 Å². The molecule has 0 spiro atoms. The van der Waals surface area contributed by atoms with E-state index in [2.05, 4.69) is 91.9 Å². The number of thiol groups is 1. The maximum Gasteiger partial charge on any atom is 0.303 e. The van der Waals surface area contributed by atoms with Crippen molar-refractivity contribution in [3.05, 3.63) is 166 Å². The molecule has 14 amide bonds. The van der Waals surface area contributed by atoms with Gasteiger partial charge in [-0.1, -0.05) is 124 Å². The number of phenolic OH excluding ortho intramolecular Hbond substituents is 1. The van der Waals surface area contributed by atoms with Gasteiger partial charge in [0.25, 0.3) is 5.91 Å². The maximum absolute atomic E-state index is 15.2. The van der Waals surface area contributed by atoms with Gasteiger partial charge in [-0.3, -0.25) is 71.9 Å². The number of aliphatic carboxylic acids is 1. The zero-order valence-electron chi connectivity index (χ0n) is 67.7. The van der Waals surface area contributed by atoms with Crippen molar-refractivity contribution in [2.24, 2.45) is 28.5 Å². The van der Waals surface area contributed by atoms with E-state index in [1.165, 1.54) is 44.2 Å². The molecule has 0 aliphatic carbocycles. The Morgan fingerprint density at radius 3 is 1.65 bits per heavy atom. The number of rotatable bonds is 19. The van der Waals surface area contributed by atoms with Gasteiger partial charge in [0.2, 0.25) is 76.8 Å². The molecule has 8 rings (SSSR count). The first-order valence-electron chi connectivity index (χ1n) is 39.2. The molecule has 0 saturated carbocycles. The van der Waals surface area contributed by atoms with Crippen LogP contribution in [0.15, 0.2) is 133 Å². The fourth-order valence-corrected chi connectivity index (χ4v) is 13.1. The molecule has 0 unspecified atom stereocenters. The first-order valence-corrected chi connectivity index (χ1v) is 39.8. The fraction of sp³-hybridized carbons (Fsp3) is 0.422. The minimum atomic E-state index is -1.87. The molecule has 2 aliphatic heterocycles. The number of aliphatic hydroxyl groups is 1. The predicted molar refractivity (Wildman–Crippen MR) is 445 cm³/mol. The van der Waals surface area contributed by atoms with Crippen molar-refractivity contribution in [1.82, 2.24) is 68.8 Å². The lowest BCUT2D eigenvalue weighted by Crippen LogP contribution is -2.61. The van der Waals surface area contributed by atoms with E-state index in [1.54, 1.807) is 132 Å². The molecule has 3 heterocycles. The van der Waals surface area contributed by atoms with Crippen LogP contribution in [-0.2, 0) is 103 Å². The summed E-state index contributed by atoms with van der Waals surface area (Å²) in [4.78, 5) is 220. The SMILES string of the molecule is C/C1=N\OCCCNC(=O)c2ccc(CS)c(c2)NC(=O)[C@H](C)NC(=O)[C@H](CC(C)C)NC(=O)[C@H](CC(C)C)NC(=O)[C@H](CC(N)=O)NC(=O)[C@H](Cc2c[nH]c3ccccc23)NC(=O)[C@H](Cc2ccc(O)cc2)NC(=O)[C@H](CCC(=O)O)NC(=O)[C@H](C)NC(=O)[C@H](Cc2ccccc2)NC(=O)[C@H](CO)NC(=O)[C@@H](NC(=O)CN)Cc2ccc1cc2. The molecular formula is C83H107N17O19S. The number of fused-ring (bicyclic) bond motifs is 42. The van der Waals surface area contributed by atoms with E-state index < -0.39 is 194 Å². The number of aliphatic hydroxyl groups excluding tert-OH is 1. The Morgan fingerprint density at radius 2 is 1.07 bits per heavy atom. The van der Waals surface area contributed by atoms with Crippen LogP contribution in [0.25, 0.3) is 10.9 Å². The zero-order chi connectivity index (χ0) is 87.9. The number of amides is 14. The summed E-state index contributed by atoms with van der Waals surface area (Å²) in [5.74, 6) is -15.4. The van der Waals surface area contributed by atoms with Gasteiger partial charge in [-0.05, 0) is 116 Å². The van der Waals surface area contributed by atoms with Crippen LogP contribution in [0, 0.1) is 11.8 Å². The summed E-state index contributed by atoms with van der Waals surface area (Å²) in [6.45, 7) is 9.93.